The molecule has 1 aliphatic heterocycles. The van der Waals surface area contributed by atoms with Gasteiger partial charge in [0, 0.05) is 6.61 Å². The average molecular weight is 354 g/mol. The zero-order valence-electron chi connectivity index (χ0n) is 10.6. The van der Waals surface area contributed by atoms with E-state index in [1.165, 1.54) is 12.8 Å². The molecular weight excluding hydrogens is 331 g/mol. The minimum atomic E-state index is -1.09. The van der Waals surface area contributed by atoms with Gasteiger partial charge in [0.2, 0.25) is 0 Å². The van der Waals surface area contributed by atoms with Crippen LogP contribution in [0.1, 0.15) is 25.7 Å². The van der Waals surface area contributed by atoms with Gasteiger partial charge in [-0.1, -0.05) is 48.3 Å². The summed E-state index contributed by atoms with van der Waals surface area (Å²) in [4.78, 5) is 0. The molecular formula is C12H23IO2Si. The molecule has 0 N–H and O–H groups in total. The molecule has 0 radical (unpaired) electrons. The summed E-state index contributed by atoms with van der Waals surface area (Å²) in [7, 11) is -1.09. The maximum atomic E-state index is 5.69. The quantitative estimate of drug-likeness (QED) is 0.420. The second-order valence-corrected chi connectivity index (χ2v) is 12.5. The van der Waals surface area contributed by atoms with Crippen molar-refractivity contribution in [3.8, 4) is 0 Å². The fourth-order valence-corrected chi connectivity index (χ4v) is 2.60. The Morgan fingerprint density at radius 1 is 1.44 bits per heavy atom. The molecule has 1 unspecified atom stereocenters. The molecule has 0 aromatic rings. The van der Waals surface area contributed by atoms with E-state index in [0.29, 0.717) is 0 Å². The third kappa shape index (κ3) is 5.79. The van der Waals surface area contributed by atoms with E-state index in [2.05, 4.69) is 48.3 Å². The maximum Gasteiger partial charge on any atom is 0.157 e. The van der Waals surface area contributed by atoms with Gasteiger partial charge in [-0.2, -0.15) is 0 Å². The first-order valence-electron chi connectivity index (χ1n) is 6.09. The topological polar surface area (TPSA) is 18.5 Å². The zero-order valence-corrected chi connectivity index (χ0v) is 13.7. The van der Waals surface area contributed by atoms with Crippen LogP contribution in [0.4, 0.5) is 0 Å². The van der Waals surface area contributed by atoms with Gasteiger partial charge in [-0.05, 0) is 28.9 Å². The molecule has 16 heavy (non-hydrogen) atoms. The standard InChI is InChI=1S/C12H23IO2Si/c1-16(2,3)11(13)7-6-10-15-12-8-4-5-9-14-12/h7,12H,4-6,8-10H2,1-3H3/b11-7+. The van der Waals surface area contributed by atoms with Crippen molar-refractivity contribution in [2.75, 3.05) is 13.2 Å². The number of ether oxygens (including phenoxy) is 2. The van der Waals surface area contributed by atoms with E-state index >= 15 is 0 Å². The largest absolute Gasteiger partial charge is 0.353 e. The first-order valence-corrected chi connectivity index (χ1v) is 10.7. The van der Waals surface area contributed by atoms with Crippen LogP contribution in [0.25, 0.3) is 0 Å². The molecule has 0 bridgehead atoms. The van der Waals surface area contributed by atoms with Crippen molar-refractivity contribution in [3.63, 3.8) is 0 Å². The molecule has 0 aliphatic carbocycles. The van der Waals surface area contributed by atoms with E-state index in [1.54, 1.807) is 3.20 Å². The average Bonchev–Trinajstić information content (AvgIpc) is 2.24. The molecule has 2 nitrogen and oxygen atoms in total. The minimum absolute atomic E-state index is 0.0618. The van der Waals surface area contributed by atoms with Gasteiger partial charge in [0.15, 0.2) is 6.29 Å². The number of hydrogen-bond donors (Lipinski definition) is 0. The van der Waals surface area contributed by atoms with Crippen LogP contribution in [0, 0.1) is 0 Å². The second-order valence-electron chi connectivity index (χ2n) is 5.26. The van der Waals surface area contributed by atoms with Gasteiger partial charge in [0.05, 0.1) is 14.7 Å². The maximum absolute atomic E-state index is 5.69. The van der Waals surface area contributed by atoms with E-state index < -0.39 is 8.07 Å². The van der Waals surface area contributed by atoms with Crippen molar-refractivity contribution in [2.24, 2.45) is 0 Å². The SMILES string of the molecule is C[Si](C)(C)/C(I)=C/CCOC1CCCCO1. The van der Waals surface area contributed by atoms with Gasteiger partial charge in [-0.3, -0.25) is 0 Å². The summed E-state index contributed by atoms with van der Waals surface area (Å²) in [5, 5.41) is 0. The van der Waals surface area contributed by atoms with Crippen LogP contribution in [-0.2, 0) is 9.47 Å². The summed E-state index contributed by atoms with van der Waals surface area (Å²) in [5.74, 6) is 0. The molecule has 1 rings (SSSR count). The summed E-state index contributed by atoms with van der Waals surface area (Å²) < 4.78 is 12.7. The molecule has 1 saturated heterocycles. The lowest BCUT2D eigenvalue weighted by atomic mass is 10.2. The highest BCUT2D eigenvalue weighted by molar-refractivity contribution is 14.1. The Bertz CT molecular complexity index is 230. The zero-order chi connectivity index (χ0) is 12.0. The normalized spacial score (nSPS) is 23.5. The van der Waals surface area contributed by atoms with Crippen molar-refractivity contribution in [1.82, 2.24) is 0 Å². The van der Waals surface area contributed by atoms with E-state index in [4.69, 9.17) is 9.47 Å². The highest BCUT2D eigenvalue weighted by Gasteiger charge is 2.17. The van der Waals surface area contributed by atoms with Crippen molar-refractivity contribution in [3.05, 3.63) is 9.28 Å². The van der Waals surface area contributed by atoms with Crippen LogP contribution in [0.15, 0.2) is 9.28 Å². The fraction of sp³-hybridized carbons (Fsp3) is 0.833. The fourth-order valence-electron chi connectivity index (χ4n) is 1.53. The minimum Gasteiger partial charge on any atom is -0.353 e. The van der Waals surface area contributed by atoms with E-state index in [9.17, 15) is 0 Å². The van der Waals surface area contributed by atoms with Crippen molar-refractivity contribution in [2.45, 2.75) is 51.6 Å². The third-order valence-electron chi connectivity index (χ3n) is 2.60. The molecule has 0 aromatic heterocycles. The van der Waals surface area contributed by atoms with Gasteiger partial charge >= 0.3 is 0 Å². The summed E-state index contributed by atoms with van der Waals surface area (Å²) in [6, 6.07) is 0. The number of hydrogen-bond acceptors (Lipinski definition) is 2. The first kappa shape index (κ1) is 14.7. The third-order valence-corrected chi connectivity index (χ3v) is 9.53. The van der Waals surface area contributed by atoms with Crippen LogP contribution >= 0.6 is 22.6 Å². The number of halogens is 1. The van der Waals surface area contributed by atoms with Gasteiger partial charge in [-0.15, -0.1) is 0 Å². The van der Waals surface area contributed by atoms with Crippen LogP contribution < -0.4 is 0 Å². The predicted molar refractivity (Wildman–Crippen MR) is 79.6 cm³/mol. The molecule has 1 atom stereocenters. The highest BCUT2D eigenvalue weighted by Crippen LogP contribution is 2.21. The Hall–Kier alpha value is 0.607. The Kier molecular flexibility index (Phi) is 6.54. The lowest BCUT2D eigenvalue weighted by Crippen LogP contribution is -2.23. The number of rotatable bonds is 5. The Morgan fingerprint density at radius 2 is 2.19 bits per heavy atom. The van der Waals surface area contributed by atoms with Crippen molar-refractivity contribution >= 4 is 30.7 Å². The lowest BCUT2D eigenvalue weighted by molar-refractivity contribution is -0.161. The summed E-state index contributed by atoms with van der Waals surface area (Å²) in [6.45, 7) is 8.78. The highest BCUT2D eigenvalue weighted by atomic mass is 127. The summed E-state index contributed by atoms with van der Waals surface area (Å²) in [6.07, 6.45) is 6.90. The van der Waals surface area contributed by atoms with Gasteiger partial charge in [-0.25, -0.2) is 0 Å². The monoisotopic (exact) mass is 354 g/mol. The van der Waals surface area contributed by atoms with Gasteiger partial charge < -0.3 is 9.47 Å². The first-order chi connectivity index (χ1) is 7.50. The van der Waals surface area contributed by atoms with E-state index in [1.807, 2.05) is 0 Å². The van der Waals surface area contributed by atoms with Gasteiger partial charge in [0.1, 0.15) is 0 Å². The summed E-state index contributed by atoms with van der Waals surface area (Å²) in [5.41, 5.74) is 0. The summed E-state index contributed by atoms with van der Waals surface area (Å²) >= 11 is 2.48. The molecule has 1 aliphatic rings. The Balaban J connectivity index is 2.15. The van der Waals surface area contributed by atoms with Crippen LogP contribution in [0.3, 0.4) is 0 Å². The Labute approximate surface area is 114 Å². The van der Waals surface area contributed by atoms with E-state index in [-0.39, 0.29) is 6.29 Å². The predicted octanol–water partition coefficient (Wildman–Crippen LogP) is 4.12. The smallest absolute Gasteiger partial charge is 0.157 e. The second kappa shape index (κ2) is 7.13. The molecule has 0 aromatic carbocycles. The molecule has 0 saturated carbocycles. The van der Waals surface area contributed by atoms with Crippen molar-refractivity contribution < 1.29 is 9.47 Å². The molecule has 1 heterocycles. The molecule has 94 valence electrons. The molecule has 1 fully saturated rings. The molecule has 0 spiro atoms. The van der Waals surface area contributed by atoms with Crippen LogP contribution in [-0.4, -0.2) is 27.6 Å². The molecule has 0 amide bonds. The van der Waals surface area contributed by atoms with Crippen LogP contribution in [0.5, 0.6) is 0 Å². The Morgan fingerprint density at radius 3 is 2.75 bits per heavy atom. The molecule has 4 heteroatoms. The van der Waals surface area contributed by atoms with Crippen molar-refractivity contribution in [1.29, 1.82) is 0 Å². The lowest BCUT2D eigenvalue weighted by Gasteiger charge is -2.22. The van der Waals surface area contributed by atoms with E-state index in [0.717, 1.165) is 26.1 Å². The van der Waals surface area contributed by atoms with Gasteiger partial charge in [0.25, 0.3) is 0 Å². The van der Waals surface area contributed by atoms with Crippen LogP contribution in [0.2, 0.25) is 19.6 Å².